The fourth-order valence-electron chi connectivity index (χ4n) is 3.83. The molecule has 12 heteroatoms. The van der Waals surface area contributed by atoms with Crippen LogP contribution < -0.4 is 9.62 Å². The molecule has 3 aromatic carbocycles. The number of likely N-dealkylation sites (N-methyl/N-ethyl adjacent to an activating group) is 1. The number of anilines is 1. The highest BCUT2D eigenvalue weighted by Gasteiger charge is 2.34. The van der Waals surface area contributed by atoms with Crippen LogP contribution in [0.4, 0.5) is 5.69 Å². The second kappa shape index (κ2) is 13.0. The van der Waals surface area contributed by atoms with Gasteiger partial charge in [-0.2, -0.15) is 0 Å². The monoisotopic (exact) mass is 615 g/mol. The number of benzene rings is 3. The summed E-state index contributed by atoms with van der Waals surface area (Å²) in [5.74, 6) is -1.04. The van der Waals surface area contributed by atoms with Crippen LogP contribution in [-0.4, -0.2) is 44.8 Å². The van der Waals surface area contributed by atoms with Gasteiger partial charge in [0.1, 0.15) is 12.6 Å². The van der Waals surface area contributed by atoms with Crippen LogP contribution in [0.3, 0.4) is 0 Å². The van der Waals surface area contributed by atoms with E-state index < -0.39 is 34.4 Å². The van der Waals surface area contributed by atoms with Gasteiger partial charge in [-0.15, -0.1) is 0 Å². The number of carbonyl (C=O) groups is 2. The summed E-state index contributed by atoms with van der Waals surface area (Å²) < 4.78 is 28.4. The van der Waals surface area contributed by atoms with Crippen molar-refractivity contribution in [3.05, 3.63) is 92.4 Å². The van der Waals surface area contributed by atoms with Gasteiger partial charge in [-0.25, -0.2) is 8.42 Å². The molecular formula is C26H25Cl4N3O4S. The Kier molecular flexibility index (Phi) is 10.3. The lowest BCUT2D eigenvalue weighted by atomic mass is 10.1. The van der Waals surface area contributed by atoms with E-state index in [0.29, 0.717) is 10.6 Å². The fourth-order valence-corrected chi connectivity index (χ4v) is 6.03. The molecule has 3 rings (SSSR count). The topological polar surface area (TPSA) is 86.8 Å². The molecule has 202 valence electrons. The van der Waals surface area contributed by atoms with Crippen molar-refractivity contribution in [2.45, 2.75) is 30.8 Å². The van der Waals surface area contributed by atoms with Gasteiger partial charge in [-0.1, -0.05) is 77.6 Å². The number of rotatable bonds is 10. The fraction of sp³-hybridized carbons (Fsp3) is 0.231. The minimum absolute atomic E-state index is 0.0237. The van der Waals surface area contributed by atoms with E-state index in [1.807, 2.05) is 0 Å². The molecule has 1 N–H and O–H groups in total. The van der Waals surface area contributed by atoms with Gasteiger partial charge in [-0.05, 0) is 54.4 Å². The number of halogens is 4. The molecule has 0 aromatic heterocycles. The Balaban J connectivity index is 2.10. The van der Waals surface area contributed by atoms with Crippen LogP contribution >= 0.6 is 46.4 Å². The summed E-state index contributed by atoms with van der Waals surface area (Å²) in [4.78, 5) is 27.9. The first-order valence-electron chi connectivity index (χ1n) is 11.5. The van der Waals surface area contributed by atoms with Crippen molar-refractivity contribution in [1.82, 2.24) is 10.2 Å². The Labute approximate surface area is 242 Å². The van der Waals surface area contributed by atoms with Gasteiger partial charge in [0, 0.05) is 18.6 Å². The minimum atomic E-state index is -4.26. The Morgan fingerprint density at radius 3 is 2.16 bits per heavy atom. The molecule has 0 saturated carbocycles. The van der Waals surface area contributed by atoms with Gasteiger partial charge < -0.3 is 10.2 Å². The van der Waals surface area contributed by atoms with Gasteiger partial charge in [-0.3, -0.25) is 13.9 Å². The third-order valence-corrected chi connectivity index (χ3v) is 8.82. The summed E-state index contributed by atoms with van der Waals surface area (Å²) >= 11 is 24.8. The van der Waals surface area contributed by atoms with Crippen molar-refractivity contribution < 1.29 is 18.0 Å². The molecule has 0 heterocycles. The third kappa shape index (κ3) is 6.93. The quantitative estimate of drug-likeness (QED) is 0.300. The lowest BCUT2D eigenvalue weighted by Crippen LogP contribution is -2.51. The zero-order valence-electron chi connectivity index (χ0n) is 20.5. The zero-order valence-corrected chi connectivity index (χ0v) is 24.3. The molecule has 1 unspecified atom stereocenters. The molecular weight excluding hydrogens is 592 g/mol. The highest BCUT2D eigenvalue weighted by Crippen LogP contribution is 2.33. The van der Waals surface area contributed by atoms with Gasteiger partial charge in [0.25, 0.3) is 10.0 Å². The number of amides is 2. The Hall–Kier alpha value is -2.49. The number of nitrogens with one attached hydrogen (secondary N) is 1. The van der Waals surface area contributed by atoms with Gasteiger partial charge in [0.05, 0.1) is 25.7 Å². The molecule has 0 aliphatic rings. The summed E-state index contributed by atoms with van der Waals surface area (Å²) in [7, 11) is -2.80. The van der Waals surface area contributed by atoms with E-state index in [-0.39, 0.29) is 38.6 Å². The van der Waals surface area contributed by atoms with E-state index in [4.69, 9.17) is 46.4 Å². The van der Waals surface area contributed by atoms with Crippen molar-refractivity contribution in [1.29, 1.82) is 0 Å². The molecule has 0 fully saturated rings. The van der Waals surface area contributed by atoms with Crippen LogP contribution in [0.2, 0.25) is 20.1 Å². The average Bonchev–Trinajstić information content (AvgIpc) is 2.90. The molecule has 7 nitrogen and oxygen atoms in total. The van der Waals surface area contributed by atoms with Crippen molar-refractivity contribution in [3.8, 4) is 0 Å². The first-order chi connectivity index (χ1) is 18.0. The summed E-state index contributed by atoms with van der Waals surface area (Å²) in [6, 6.07) is 15.9. The summed E-state index contributed by atoms with van der Waals surface area (Å²) in [6.07, 6.45) is 0.274. The van der Waals surface area contributed by atoms with Crippen LogP contribution in [0, 0.1) is 0 Å². The minimum Gasteiger partial charge on any atom is -0.357 e. The maximum atomic E-state index is 13.9. The number of hydrogen-bond acceptors (Lipinski definition) is 4. The second-order valence-electron chi connectivity index (χ2n) is 8.23. The highest BCUT2D eigenvalue weighted by atomic mass is 35.5. The number of carbonyl (C=O) groups excluding carboxylic acids is 2. The third-order valence-electron chi connectivity index (χ3n) is 5.76. The van der Waals surface area contributed by atoms with Crippen molar-refractivity contribution >= 4 is 73.9 Å². The number of hydrogen-bond donors (Lipinski definition) is 1. The summed E-state index contributed by atoms with van der Waals surface area (Å²) in [6.45, 7) is 1.08. The highest BCUT2D eigenvalue weighted by molar-refractivity contribution is 7.92. The smallest absolute Gasteiger partial charge is 0.264 e. The van der Waals surface area contributed by atoms with Crippen LogP contribution in [-0.2, 0) is 26.2 Å². The van der Waals surface area contributed by atoms with E-state index in [1.165, 1.54) is 42.3 Å². The van der Waals surface area contributed by atoms with Crippen molar-refractivity contribution in [3.63, 3.8) is 0 Å². The molecule has 0 bridgehead atoms. The standard InChI is InChI=1S/C26H25Cl4N3O4S/c1-3-23(26(35)31-2)32(15-17-9-11-20(28)22(30)13-17)25(34)16-33(24-14-18(27)10-12-21(24)29)38(36,37)19-7-5-4-6-8-19/h4-14,23H,3,15-16H2,1-2H3,(H,31,35). The predicted molar refractivity (Wildman–Crippen MR) is 153 cm³/mol. The molecule has 0 aliphatic heterocycles. The van der Waals surface area contributed by atoms with E-state index in [1.54, 1.807) is 43.3 Å². The molecule has 1 atom stereocenters. The first-order valence-corrected chi connectivity index (χ1v) is 14.4. The molecule has 0 aliphatic carbocycles. The lowest BCUT2D eigenvalue weighted by Gasteiger charge is -2.33. The van der Waals surface area contributed by atoms with E-state index >= 15 is 0 Å². The summed E-state index contributed by atoms with van der Waals surface area (Å²) in [5, 5.41) is 3.49. The molecule has 38 heavy (non-hydrogen) atoms. The van der Waals surface area contributed by atoms with Crippen LogP contribution in [0.25, 0.3) is 0 Å². The van der Waals surface area contributed by atoms with Crippen LogP contribution in [0.15, 0.2) is 71.6 Å². The van der Waals surface area contributed by atoms with Crippen LogP contribution in [0.1, 0.15) is 18.9 Å². The van der Waals surface area contributed by atoms with Gasteiger partial charge >= 0.3 is 0 Å². The van der Waals surface area contributed by atoms with Crippen LogP contribution in [0.5, 0.6) is 0 Å². The maximum absolute atomic E-state index is 13.9. The average molecular weight is 617 g/mol. The van der Waals surface area contributed by atoms with Gasteiger partial charge in [0.15, 0.2) is 0 Å². The molecule has 0 spiro atoms. The largest absolute Gasteiger partial charge is 0.357 e. The molecule has 3 aromatic rings. The van der Waals surface area contributed by atoms with Crippen molar-refractivity contribution in [2.75, 3.05) is 17.9 Å². The lowest BCUT2D eigenvalue weighted by molar-refractivity contribution is -0.140. The predicted octanol–water partition coefficient (Wildman–Crippen LogP) is 6.05. The maximum Gasteiger partial charge on any atom is 0.264 e. The van der Waals surface area contributed by atoms with E-state index in [0.717, 1.165) is 4.31 Å². The number of nitrogens with zero attached hydrogens (tertiary/aromatic N) is 2. The zero-order chi connectivity index (χ0) is 28.0. The molecule has 0 radical (unpaired) electrons. The summed E-state index contributed by atoms with van der Waals surface area (Å²) in [5.41, 5.74) is 0.632. The second-order valence-corrected chi connectivity index (χ2v) is 11.7. The van der Waals surface area contributed by atoms with Crippen molar-refractivity contribution in [2.24, 2.45) is 0 Å². The Bertz CT molecular complexity index is 1420. The van der Waals surface area contributed by atoms with Gasteiger partial charge in [0.2, 0.25) is 11.8 Å². The SMILES string of the molecule is CCC(C(=O)NC)N(Cc1ccc(Cl)c(Cl)c1)C(=O)CN(c1cc(Cl)ccc1Cl)S(=O)(=O)c1ccccc1. The number of sulfonamides is 1. The molecule has 0 saturated heterocycles. The van der Waals surface area contributed by atoms with E-state index in [9.17, 15) is 18.0 Å². The normalized spacial score (nSPS) is 12.1. The molecule has 2 amide bonds. The Morgan fingerprint density at radius 2 is 1.55 bits per heavy atom. The first kappa shape index (κ1) is 30.1. The van der Waals surface area contributed by atoms with E-state index in [2.05, 4.69) is 5.32 Å². The Morgan fingerprint density at radius 1 is 0.895 bits per heavy atom.